The molecular weight excluding hydrogens is 285 g/mol. The maximum atomic E-state index is 12.8. The smallest absolute Gasteiger partial charge is 0.312 e. The molecule has 1 fully saturated rings. The number of nitrogens with zero attached hydrogens (tertiary/aromatic N) is 4. The zero-order valence-electron chi connectivity index (χ0n) is 11.3. The van der Waals surface area contributed by atoms with Gasteiger partial charge in [0.15, 0.2) is 0 Å². The Hall–Kier alpha value is -2.21. The first-order valence-corrected chi connectivity index (χ1v) is 6.32. The molecule has 8 heteroatoms. The van der Waals surface area contributed by atoms with Crippen LogP contribution in [-0.2, 0) is 11.0 Å². The molecule has 112 valence electrons. The zero-order chi connectivity index (χ0) is 15.6. The van der Waals surface area contributed by atoms with E-state index in [1.165, 1.54) is 11.0 Å². The number of alkyl halides is 3. The van der Waals surface area contributed by atoms with Gasteiger partial charge in [-0.05, 0) is 36.1 Å². The van der Waals surface area contributed by atoms with Gasteiger partial charge in [0.2, 0.25) is 5.91 Å². The minimum absolute atomic E-state index is 0.163. The summed E-state index contributed by atoms with van der Waals surface area (Å²) in [6, 6.07) is 3.34. The summed E-state index contributed by atoms with van der Waals surface area (Å²) in [5, 5.41) is 3.42. The molecule has 1 unspecified atom stereocenters. The highest BCUT2D eigenvalue weighted by atomic mass is 19.4. The summed E-state index contributed by atoms with van der Waals surface area (Å²) in [6.07, 6.45) is -4.27. The van der Waals surface area contributed by atoms with Crippen molar-refractivity contribution < 1.29 is 18.0 Å². The van der Waals surface area contributed by atoms with E-state index in [0.29, 0.717) is 5.56 Å². The number of amides is 1. The van der Waals surface area contributed by atoms with E-state index in [4.69, 9.17) is 5.53 Å². The molecule has 0 N–H and O–H groups in total. The Morgan fingerprint density at radius 1 is 1.48 bits per heavy atom. The predicted octanol–water partition coefficient (Wildman–Crippen LogP) is 3.68. The maximum absolute atomic E-state index is 12.8. The van der Waals surface area contributed by atoms with Gasteiger partial charge in [0.25, 0.3) is 0 Å². The third kappa shape index (κ3) is 3.28. The van der Waals surface area contributed by atoms with Crippen LogP contribution in [0, 0.1) is 12.8 Å². The molecular formula is C13H13F3N4O. The minimum atomic E-state index is -4.45. The highest BCUT2D eigenvalue weighted by molar-refractivity contribution is 5.96. The highest BCUT2D eigenvalue weighted by Crippen LogP contribution is 2.35. The van der Waals surface area contributed by atoms with Crippen LogP contribution in [0.2, 0.25) is 0 Å². The molecule has 1 atom stereocenters. The fraction of sp³-hybridized carbons (Fsp3) is 0.462. The van der Waals surface area contributed by atoms with E-state index in [-0.39, 0.29) is 37.0 Å². The molecule has 2 rings (SSSR count). The van der Waals surface area contributed by atoms with Crippen LogP contribution in [0.25, 0.3) is 10.4 Å². The van der Waals surface area contributed by atoms with Gasteiger partial charge in [0, 0.05) is 30.1 Å². The molecule has 1 aromatic carbocycles. The molecule has 0 spiro atoms. The number of rotatable bonds is 3. The number of halogens is 3. The molecule has 0 saturated carbocycles. The summed E-state index contributed by atoms with van der Waals surface area (Å²) >= 11 is 0. The molecule has 1 amide bonds. The molecule has 0 bridgehead atoms. The van der Waals surface area contributed by atoms with Gasteiger partial charge in [-0.25, -0.2) is 0 Å². The number of carbonyl (C=O) groups excluding carboxylic acids is 1. The van der Waals surface area contributed by atoms with Crippen molar-refractivity contribution in [3.8, 4) is 0 Å². The Balaban J connectivity index is 2.29. The van der Waals surface area contributed by atoms with Crippen molar-refractivity contribution in [3.05, 3.63) is 39.8 Å². The minimum Gasteiger partial charge on any atom is -0.312 e. The lowest BCUT2D eigenvalue weighted by Crippen LogP contribution is -2.26. The average Bonchev–Trinajstić information content (AvgIpc) is 2.76. The van der Waals surface area contributed by atoms with Gasteiger partial charge in [-0.15, -0.1) is 0 Å². The molecule has 1 aliphatic rings. The van der Waals surface area contributed by atoms with Crippen molar-refractivity contribution in [2.24, 2.45) is 11.0 Å². The lowest BCUT2D eigenvalue weighted by atomic mass is 10.1. The van der Waals surface area contributed by atoms with Gasteiger partial charge in [0.05, 0.1) is 5.56 Å². The number of anilines is 1. The Morgan fingerprint density at radius 2 is 2.19 bits per heavy atom. The van der Waals surface area contributed by atoms with E-state index in [2.05, 4.69) is 10.0 Å². The first-order valence-electron chi connectivity index (χ1n) is 6.32. The van der Waals surface area contributed by atoms with Crippen LogP contribution in [0.1, 0.15) is 17.5 Å². The second-order valence-electron chi connectivity index (χ2n) is 4.99. The average molecular weight is 298 g/mol. The predicted molar refractivity (Wildman–Crippen MR) is 70.7 cm³/mol. The van der Waals surface area contributed by atoms with Crippen LogP contribution < -0.4 is 4.90 Å². The summed E-state index contributed by atoms with van der Waals surface area (Å²) in [5.74, 6) is -0.419. The number of benzene rings is 1. The third-order valence-corrected chi connectivity index (χ3v) is 3.44. The van der Waals surface area contributed by atoms with Crippen molar-refractivity contribution in [3.63, 3.8) is 0 Å². The SMILES string of the molecule is Cc1ccc(C(F)(F)F)cc1N1CC(CN=[N+]=[N-])CC1=O. The summed E-state index contributed by atoms with van der Waals surface area (Å²) in [4.78, 5) is 15.9. The number of hydrogen-bond acceptors (Lipinski definition) is 2. The first kappa shape index (κ1) is 15.2. The van der Waals surface area contributed by atoms with Crippen molar-refractivity contribution >= 4 is 11.6 Å². The third-order valence-electron chi connectivity index (χ3n) is 3.44. The zero-order valence-corrected chi connectivity index (χ0v) is 11.3. The van der Waals surface area contributed by atoms with Gasteiger partial charge in [-0.3, -0.25) is 4.79 Å². The molecule has 5 nitrogen and oxygen atoms in total. The largest absolute Gasteiger partial charge is 0.416 e. The van der Waals surface area contributed by atoms with Crippen LogP contribution in [-0.4, -0.2) is 19.0 Å². The van der Waals surface area contributed by atoms with Gasteiger partial charge in [-0.1, -0.05) is 11.2 Å². The second-order valence-corrected chi connectivity index (χ2v) is 4.99. The van der Waals surface area contributed by atoms with E-state index in [9.17, 15) is 18.0 Å². The molecule has 0 radical (unpaired) electrons. The van der Waals surface area contributed by atoms with Gasteiger partial charge in [0.1, 0.15) is 0 Å². The summed E-state index contributed by atoms with van der Waals surface area (Å²) in [7, 11) is 0. The van der Waals surface area contributed by atoms with Crippen LogP contribution in [0.5, 0.6) is 0 Å². The molecule has 1 aliphatic heterocycles. The Kier molecular flexibility index (Phi) is 4.09. The number of aryl methyl sites for hydroxylation is 1. The quantitative estimate of drug-likeness (QED) is 0.477. The van der Waals surface area contributed by atoms with Crippen molar-refractivity contribution in [2.75, 3.05) is 18.0 Å². The lowest BCUT2D eigenvalue weighted by Gasteiger charge is -2.20. The fourth-order valence-corrected chi connectivity index (χ4v) is 2.37. The number of hydrogen-bond donors (Lipinski definition) is 0. The normalized spacial score (nSPS) is 18.8. The number of carbonyl (C=O) groups is 1. The highest BCUT2D eigenvalue weighted by Gasteiger charge is 2.34. The fourth-order valence-electron chi connectivity index (χ4n) is 2.37. The summed E-state index contributed by atoms with van der Waals surface area (Å²) in [6.45, 7) is 2.08. The maximum Gasteiger partial charge on any atom is 0.416 e. The standard InChI is InChI=1S/C13H13F3N4O/c1-8-2-3-10(13(14,15)16)5-11(8)20-7-9(4-12(20)21)6-18-19-17/h2-3,5,9H,4,6-7H2,1H3. The molecule has 1 heterocycles. The number of azide groups is 1. The van der Waals surface area contributed by atoms with E-state index in [1.807, 2.05) is 0 Å². The van der Waals surface area contributed by atoms with E-state index in [1.54, 1.807) is 6.92 Å². The van der Waals surface area contributed by atoms with Crippen molar-refractivity contribution in [2.45, 2.75) is 19.5 Å². The second kappa shape index (κ2) is 5.65. The Bertz CT molecular complexity index is 608. The van der Waals surface area contributed by atoms with E-state index in [0.717, 1.165) is 12.1 Å². The summed E-state index contributed by atoms with van der Waals surface area (Å²) in [5.41, 5.74) is 8.36. The monoisotopic (exact) mass is 298 g/mol. The molecule has 21 heavy (non-hydrogen) atoms. The summed E-state index contributed by atoms with van der Waals surface area (Å²) < 4.78 is 38.3. The first-order chi connectivity index (χ1) is 9.82. The topological polar surface area (TPSA) is 69.1 Å². The van der Waals surface area contributed by atoms with E-state index < -0.39 is 11.7 Å². The van der Waals surface area contributed by atoms with Gasteiger partial charge in [-0.2, -0.15) is 13.2 Å². The van der Waals surface area contributed by atoms with Crippen LogP contribution in [0.4, 0.5) is 18.9 Å². The van der Waals surface area contributed by atoms with Crippen molar-refractivity contribution in [1.29, 1.82) is 0 Å². The van der Waals surface area contributed by atoms with E-state index >= 15 is 0 Å². The van der Waals surface area contributed by atoms with Gasteiger partial charge < -0.3 is 4.90 Å². The van der Waals surface area contributed by atoms with Crippen LogP contribution >= 0.6 is 0 Å². The Labute approximate surface area is 119 Å². The van der Waals surface area contributed by atoms with Crippen molar-refractivity contribution in [1.82, 2.24) is 0 Å². The Morgan fingerprint density at radius 3 is 2.81 bits per heavy atom. The molecule has 1 saturated heterocycles. The van der Waals surface area contributed by atoms with Crippen LogP contribution in [0.3, 0.4) is 0 Å². The van der Waals surface area contributed by atoms with Crippen LogP contribution in [0.15, 0.2) is 23.3 Å². The lowest BCUT2D eigenvalue weighted by molar-refractivity contribution is -0.137. The molecule has 0 aromatic heterocycles. The molecule has 1 aromatic rings. The van der Waals surface area contributed by atoms with Gasteiger partial charge >= 0.3 is 6.18 Å². The molecule has 0 aliphatic carbocycles.